The van der Waals surface area contributed by atoms with Gasteiger partial charge >= 0.3 is 0 Å². The molecule has 0 aliphatic heterocycles. The Morgan fingerprint density at radius 3 is 2.71 bits per heavy atom. The van der Waals surface area contributed by atoms with Gasteiger partial charge in [-0.25, -0.2) is 0 Å². The summed E-state index contributed by atoms with van der Waals surface area (Å²) < 4.78 is 1.21. The Morgan fingerprint density at radius 1 is 1.24 bits per heavy atom. The predicted octanol–water partition coefficient (Wildman–Crippen LogP) is 5.44. The molecule has 0 amide bonds. The minimum Gasteiger partial charge on any atom is -0.314 e. The first kappa shape index (κ1) is 16.7. The topological polar surface area (TPSA) is 12.0 Å². The Kier molecular flexibility index (Phi) is 7.48. The summed E-state index contributed by atoms with van der Waals surface area (Å²) in [5, 5.41) is 5.88. The third kappa shape index (κ3) is 6.33. The summed E-state index contributed by atoms with van der Waals surface area (Å²) in [4.78, 5) is 1.47. The number of rotatable bonds is 9. The van der Waals surface area contributed by atoms with E-state index in [1.807, 2.05) is 11.3 Å². The maximum Gasteiger partial charge on any atom is 0.0285 e. The normalized spacial score (nSPS) is 12.5. The Labute approximate surface area is 140 Å². The van der Waals surface area contributed by atoms with E-state index in [0.717, 1.165) is 13.0 Å². The van der Waals surface area contributed by atoms with E-state index in [0.29, 0.717) is 6.04 Å². The highest BCUT2D eigenvalue weighted by Gasteiger charge is 2.10. The van der Waals surface area contributed by atoms with E-state index >= 15 is 0 Å². The molecule has 0 fully saturated rings. The highest BCUT2D eigenvalue weighted by atomic mass is 79.9. The molecular weight excluding hydrogens is 342 g/mol. The van der Waals surface area contributed by atoms with Gasteiger partial charge in [0.15, 0.2) is 0 Å². The first-order valence-electron chi connectivity index (χ1n) is 7.78. The molecule has 0 aliphatic carbocycles. The lowest BCUT2D eigenvalue weighted by Gasteiger charge is -2.17. The van der Waals surface area contributed by atoms with Gasteiger partial charge in [0.2, 0.25) is 0 Å². The fraction of sp³-hybridized carbons (Fsp3) is 0.444. The number of nitrogens with one attached hydrogen (secondary N) is 1. The van der Waals surface area contributed by atoms with Crippen LogP contribution in [0.15, 0.2) is 46.3 Å². The molecule has 21 heavy (non-hydrogen) atoms. The zero-order valence-corrected chi connectivity index (χ0v) is 15.1. The Balaban J connectivity index is 1.81. The average molecular weight is 366 g/mol. The third-order valence-corrected chi connectivity index (χ3v) is 5.33. The molecule has 1 heterocycles. The van der Waals surface area contributed by atoms with Crippen LogP contribution in [0.5, 0.6) is 0 Å². The van der Waals surface area contributed by atoms with Gasteiger partial charge < -0.3 is 5.32 Å². The number of aryl methyl sites for hydroxylation is 1. The zero-order valence-electron chi connectivity index (χ0n) is 12.6. The third-order valence-electron chi connectivity index (χ3n) is 3.61. The van der Waals surface area contributed by atoms with Gasteiger partial charge in [0.25, 0.3) is 0 Å². The largest absolute Gasteiger partial charge is 0.314 e. The van der Waals surface area contributed by atoms with Gasteiger partial charge in [-0.3, -0.25) is 0 Å². The molecule has 114 valence electrons. The molecule has 3 heteroatoms. The number of hydrogen-bond acceptors (Lipinski definition) is 2. The molecule has 0 saturated heterocycles. The van der Waals surface area contributed by atoms with Gasteiger partial charge in [0, 0.05) is 20.8 Å². The maximum absolute atomic E-state index is 3.70. The van der Waals surface area contributed by atoms with Crippen LogP contribution in [0.25, 0.3) is 0 Å². The summed E-state index contributed by atoms with van der Waals surface area (Å²) in [6.07, 6.45) is 6.01. The molecule has 1 aromatic carbocycles. The van der Waals surface area contributed by atoms with Crippen molar-refractivity contribution in [2.45, 2.75) is 45.1 Å². The van der Waals surface area contributed by atoms with Gasteiger partial charge in [-0.1, -0.05) is 37.3 Å². The van der Waals surface area contributed by atoms with Crippen molar-refractivity contribution in [1.29, 1.82) is 0 Å². The van der Waals surface area contributed by atoms with E-state index in [2.05, 4.69) is 69.9 Å². The zero-order chi connectivity index (χ0) is 14.9. The molecule has 0 spiro atoms. The van der Waals surface area contributed by atoms with E-state index in [4.69, 9.17) is 0 Å². The first-order valence-corrected chi connectivity index (χ1v) is 9.45. The van der Waals surface area contributed by atoms with Crippen molar-refractivity contribution in [1.82, 2.24) is 5.32 Å². The van der Waals surface area contributed by atoms with Crippen molar-refractivity contribution < 1.29 is 0 Å². The molecule has 1 aromatic heterocycles. The van der Waals surface area contributed by atoms with Crippen molar-refractivity contribution in [3.63, 3.8) is 0 Å². The molecule has 1 unspecified atom stereocenters. The van der Waals surface area contributed by atoms with Crippen molar-refractivity contribution in [2.75, 3.05) is 6.54 Å². The smallest absolute Gasteiger partial charge is 0.0285 e. The van der Waals surface area contributed by atoms with Crippen LogP contribution in [0, 0.1) is 0 Å². The van der Waals surface area contributed by atoms with Crippen LogP contribution in [0.3, 0.4) is 0 Å². The van der Waals surface area contributed by atoms with Crippen molar-refractivity contribution >= 4 is 27.3 Å². The van der Waals surface area contributed by atoms with E-state index in [1.54, 1.807) is 0 Å². The Morgan fingerprint density at radius 2 is 2.05 bits per heavy atom. The molecular formula is C18H24BrNS. The summed E-state index contributed by atoms with van der Waals surface area (Å²) in [6.45, 7) is 3.35. The lowest BCUT2D eigenvalue weighted by atomic mass is 10.0. The summed E-state index contributed by atoms with van der Waals surface area (Å²) in [7, 11) is 0. The van der Waals surface area contributed by atoms with E-state index in [1.165, 1.54) is 40.6 Å². The molecule has 0 saturated carbocycles. The van der Waals surface area contributed by atoms with Gasteiger partial charge in [-0.2, -0.15) is 0 Å². The maximum atomic E-state index is 3.70. The van der Waals surface area contributed by atoms with Crippen molar-refractivity contribution in [2.24, 2.45) is 0 Å². The number of hydrogen-bond donors (Lipinski definition) is 1. The fourth-order valence-corrected chi connectivity index (χ4v) is 4.06. The van der Waals surface area contributed by atoms with E-state index in [9.17, 15) is 0 Å². The van der Waals surface area contributed by atoms with Crippen molar-refractivity contribution in [3.05, 3.63) is 56.7 Å². The van der Waals surface area contributed by atoms with Crippen LogP contribution in [0.2, 0.25) is 0 Å². The number of halogens is 1. The fourth-order valence-electron chi connectivity index (χ4n) is 2.53. The summed E-state index contributed by atoms with van der Waals surface area (Å²) in [5.41, 5.74) is 1.45. The lowest BCUT2D eigenvalue weighted by Crippen LogP contribution is -2.31. The van der Waals surface area contributed by atoms with Gasteiger partial charge in [0.1, 0.15) is 0 Å². The quantitative estimate of drug-likeness (QED) is 0.623. The predicted molar refractivity (Wildman–Crippen MR) is 97.2 cm³/mol. The van der Waals surface area contributed by atoms with Gasteiger partial charge in [-0.15, -0.1) is 11.3 Å². The van der Waals surface area contributed by atoms with E-state index < -0.39 is 0 Å². The molecule has 1 nitrogen and oxygen atoms in total. The van der Waals surface area contributed by atoms with Crippen LogP contribution in [0.4, 0.5) is 0 Å². The molecule has 0 radical (unpaired) electrons. The standard InChI is InChI=1S/C18H24BrNS/c1-2-11-20-17(13-18-12-16(19)14-21-18)10-6-9-15-7-4-3-5-8-15/h3-5,7-8,12,14,17,20H,2,6,9-11,13H2,1H3. The highest BCUT2D eigenvalue weighted by molar-refractivity contribution is 9.10. The number of benzene rings is 1. The van der Waals surface area contributed by atoms with Crippen LogP contribution in [-0.4, -0.2) is 12.6 Å². The molecule has 0 aliphatic rings. The Bertz CT molecular complexity index is 509. The monoisotopic (exact) mass is 365 g/mol. The highest BCUT2D eigenvalue weighted by Crippen LogP contribution is 2.22. The lowest BCUT2D eigenvalue weighted by molar-refractivity contribution is 0.466. The van der Waals surface area contributed by atoms with Gasteiger partial charge in [0.05, 0.1) is 0 Å². The van der Waals surface area contributed by atoms with Crippen LogP contribution >= 0.6 is 27.3 Å². The van der Waals surface area contributed by atoms with Crippen LogP contribution in [-0.2, 0) is 12.8 Å². The summed E-state index contributed by atoms with van der Waals surface area (Å²) >= 11 is 5.40. The average Bonchev–Trinajstić information content (AvgIpc) is 2.91. The minimum absolute atomic E-state index is 0.596. The van der Waals surface area contributed by atoms with Gasteiger partial charge in [-0.05, 0) is 66.2 Å². The second-order valence-corrected chi connectivity index (χ2v) is 7.38. The van der Waals surface area contributed by atoms with Crippen LogP contribution < -0.4 is 5.32 Å². The molecule has 2 rings (SSSR count). The molecule has 2 aromatic rings. The number of thiophene rings is 1. The second-order valence-electron chi connectivity index (χ2n) is 5.46. The summed E-state index contributed by atoms with van der Waals surface area (Å²) in [6, 6.07) is 13.7. The van der Waals surface area contributed by atoms with Crippen LogP contribution in [0.1, 0.15) is 36.6 Å². The molecule has 0 bridgehead atoms. The first-order chi connectivity index (χ1) is 10.3. The second kappa shape index (κ2) is 9.39. The minimum atomic E-state index is 0.596. The SMILES string of the molecule is CCCNC(CCCc1ccccc1)Cc1cc(Br)cs1. The summed E-state index contributed by atoms with van der Waals surface area (Å²) in [5.74, 6) is 0. The molecule has 1 N–H and O–H groups in total. The van der Waals surface area contributed by atoms with Crippen molar-refractivity contribution in [3.8, 4) is 0 Å². The molecule has 1 atom stereocenters. The van der Waals surface area contributed by atoms with E-state index in [-0.39, 0.29) is 0 Å². The Hall–Kier alpha value is -0.640.